The molecule has 0 bridgehead atoms. The summed E-state index contributed by atoms with van der Waals surface area (Å²) in [6.45, 7) is 4.21. The van der Waals surface area contributed by atoms with Crippen molar-refractivity contribution in [2.24, 2.45) is 5.92 Å². The Bertz CT molecular complexity index is 188. The molecule has 68 valence electrons. The molecule has 0 heterocycles. The van der Waals surface area contributed by atoms with E-state index in [1.165, 1.54) is 7.05 Å². The summed E-state index contributed by atoms with van der Waals surface area (Å²) < 4.78 is 23.3. The molecule has 2 N–H and O–H groups in total. The zero-order valence-electron chi connectivity index (χ0n) is 6.92. The molecule has 0 aliphatic heterocycles. The maximum atomic E-state index is 10.6. The smallest absolute Gasteiger partial charge is 0.286 e. The zero-order valence-corrected chi connectivity index (χ0v) is 7.73. The van der Waals surface area contributed by atoms with Crippen molar-refractivity contribution in [3.63, 3.8) is 0 Å². The van der Waals surface area contributed by atoms with Crippen molar-refractivity contribution in [2.75, 3.05) is 13.7 Å². The molecule has 5 nitrogen and oxygen atoms in total. The second kappa shape index (κ2) is 4.66. The number of nitrogens with one attached hydrogen (secondary N) is 2. The molecule has 6 heteroatoms. The van der Waals surface area contributed by atoms with E-state index in [1.807, 2.05) is 18.7 Å². The van der Waals surface area contributed by atoms with Gasteiger partial charge in [0, 0.05) is 7.05 Å². The van der Waals surface area contributed by atoms with E-state index in [1.54, 1.807) is 0 Å². The number of hydrogen-bond acceptors (Lipinski definition) is 3. The van der Waals surface area contributed by atoms with Crippen molar-refractivity contribution in [1.29, 1.82) is 0 Å². The lowest BCUT2D eigenvalue weighted by Crippen LogP contribution is -2.34. The van der Waals surface area contributed by atoms with Crippen molar-refractivity contribution in [3.8, 4) is 0 Å². The van der Waals surface area contributed by atoms with Gasteiger partial charge in [0.05, 0.1) is 6.61 Å². The fourth-order valence-corrected chi connectivity index (χ4v) is 0.626. The lowest BCUT2D eigenvalue weighted by Gasteiger charge is -2.06. The van der Waals surface area contributed by atoms with E-state index in [4.69, 9.17) is 0 Å². The summed E-state index contributed by atoms with van der Waals surface area (Å²) in [5.41, 5.74) is 0. The van der Waals surface area contributed by atoms with Crippen LogP contribution in [0.1, 0.15) is 13.8 Å². The second-order valence-corrected chi connectivity index (χ2v) is 4.08. The van der Waals surface area contributed by atoms with Crippen molar-refractivity contribution < 1.29 is 13.3 Å². The molecule has 0 fully saturated rings. The molecule has 0 spiro atoms. The van der Waals surface area contributed by atoms with Gasteiger partial charge in [0.25, 0.3) is 10.2 Å². The first-order valence-electron chi connectivity index (χ1n) is 3.30. The molecule has 0 saturated heterocycles. The lowest BCUT2D eigenvalue weighted by molar-refractivity contribution is 0.0712. The Morgan fingerprint density at radius 1 is 1.45 bits per heavy atom. The summed E-state index contributed by atoms with van der Waals surface area (Å²) in [6.07, 6.45) is 0. The van der Waals surface area contributed by atoms with Crippen molar-refractivity contribution in [2.45, 2.75) is 13.8 Å². The Morgan fingerprint density at radius 3 is 2.36 bits per heavy atom. The Kier molecular flexibility index (Phi) is 4.58. The Hall–Kier alpha value is -0.170. The fraction of sp³-hybridized carbons (Fsp3) is 1.00. The van der Waals surface area contributed by atoms with Gasteiger partial charge in [-0.25, -0.2) is 4.72 Å². The predicted octanol–water partition coefficient (Wildman–Crippen LogP) is -0.372. The van der Waals surface area contributed by atoms with Crippen LogP contribution < -0.4 is 9.61 Å². The van der Waals surface area contributed by atoms with Crippen LogP contribution in [0, 0.1) is 5.92 Å². The molecule has 0 unspecified atom stereocenters. The van der Waals surface area contributed by atoms with E-state index in [0.717, 1.165) is 0 Å². The molecule has 0 aliphatic rings. The van der Waals surface area contributed by atoms with Crippen LogP contribution in [0.15, 0.2) is 0 Å². The highest BCUT2D eigenvalue weighted by Gasteiger charge is 2.04. The highest BCUT2D eigenvalue weighted by molar-refractivity contribution is 7.87. The third-order valence-electron chi connectivity index (χ3n) is 0.854. The maximum absolute atomic E-state index is 10.6. The standard InChI is InChI=1S/C5H14N2O3S/c1-5(2)4-10-7-11(8,9)6-3/h5-7H,4H2,1-3H3. The van der Waals surface area contributed by atoms with Gasteiger partial charge in [0.2, 0.25) is 0 Å². The largest absolute Gasteiger partial charge is 0.298 e. The van der Waals surface area contributed by atoms with E-state index < -0.39 is 10.2 Å². The number of hydrogen-bond donors (Lipinski definition) is 2. The van der Waals surface area contributed by atoms with Crippen molar-refractivity contribution >= 4 is 10.2 Å². The summed E-state index contributed by atoms with van der Waals surface area (Å²) >= 11 is 0. The summed E-state index contributed by atoms with van der Waals surface area (Å²) in [5.74, 6) is 0.301. The first-order chi connectivity index (χ1) is 4.98. The van der Waals surface area contributed by atoms with Gasteiger partial charge in [0.15, 0.2) is 0 Å². The molecule has 0 atom stereocenters. The molecule has 0 amide bonds. The van der Waals surface area contributed by atoms with E-state index >= 15 is 0 Å². The minimum atomic E-state index is -3.44. The quantitative estimate of drug-likeness (QED) is 0.570. The Morgan fingerprint density at radius 2 is 2.00 bits per heavy atom. The van der Waals surface area contributed by atoms with Gasteiger partial charge in [0.1, 0.15) is 0 Å². The average Bonchev–Trinajstić information content (AvgIpc) is 1.87. The van der Waals surface area contributed by atoms with Crippen LogP contribution >= 0.6 is 0 Å². The number of rotatable bonds is 5. The maximum Gasteiger partial charge on any atom is 0.298 e. The van der Waals surface area contributed by atoms with Crippen LogP contribution in [0.5, 0.6) is 0 Å². The molecule has 0 radical (unpaired) electrons. The monoisotopic (exact) mass is 182 g/mol. The van der Waals surface area contributed by atoms with E-state index in [2.05, 4.69) is 9.56 Å². The Labute approximate surface area is 67.3 Å². The van der Waals surface area contributed by atoms with Gasteiger partial charge in [-0.05, 0) is 5.92 Å². The van der Waals surface area contributed by atoms with Gasteiger partial charge >= 0.3 is 0 Å². The summed E-state index contributed by atoms with van der Waals surface area (Å²) in [7, 11) is -2.13. The van der Waals surface area contributed by atoms with Gasteiger partial charge < -0.3 is 0 Å². The van der Waals surface area contributed by atoms with E-state index in [-0.39, 0.29) is 0 Å². The lowest BCUT2D eigenvalue weighted by atomic mass is 10.2. The van der Waals surface area contributed by atoms with Crippen molar-refractivity contribution in [1.82, 2.24) is 9.61 Å². The molecule has 0 aromatic heterocycles. The molecule has 0 rings (SSSR count). The summed E-state index contributed by atoms with van der Waals surface area (Å²) in [6, 6.07) is 0. The zero-order chi connectivity index (χ0) is 8.91. The van der Waals surface area contributed by atoms with Crippen LogP contribution in [-0.2, 0) is 15.0 Å². The van der Waals surface area contributed by atoms with Crippen LogP contribution in [0.2, 0.25) is 0 Å². The first kappa shape index (κ1) is 10.8. The highest BCUT2D eigenvalue weighted by atomic mass is 32.2. The molecule has 0 aromatic carbocycles. The minimum Gasteiger partial charge on any atom is -0.286 e. The molecular weight excluding hydrogens is 168 g/mol. The van der Waals surface area contributed by atoms with E-state index in [0.29, 0.717) is 12.5 Å². The molecule has 0 saturated carbocycles. The van der Waals surface area contributed by atoms with Crippen molar-refractivity contribution in [3.05, 3.63) is 0 Å². The minimum absolute atomic E-state index is 0.301. The third kappa shape index (κ3) is 6.24. The topological polar surface area (TPSA) is 67.4 Å². The van der Waals surface area contributed by atoms with Crippen LogP contribution in [0.3, 0.4) is 0 Å². The fourth-order valence-electron chi connectivity index (χ4n) is 0.320. The molecular formula is C5H14N2O3S. The van der Waals surface area contributed by atoms with Gasteiger partial charge in [-0.15, -0.1) is 0 Å². The molecule has 0 aliphatic carbocycles. The van der Waals surface area contributed by atoms with E-state index in [9.17, 15) is 8.42 Å². The van der Waals surface area contributed by atoms with Gasteiger partial charge in [-0.1, -0.05) is 18.7 Å². The highest BCUT2D eigenvalue weighted by Crippen LogP contribution is 1.90. The normalized spacial score (nSPS) is 12.4. The molecule has 11 heavy (non-hydrogen) atoms. The molecule has 0 aromatic rings. The second-order valence-electron chi connectivity index (χ2n) is 2.50. The van der Waals surface area contributed by atoms with Crippen LogP contribution in [0.25, 0.3) is 0 Å². The third-order valence-corrected chi connectivity index (χ3v) is 1.73. The van der Waals surface area contributed by atoms with Crippen LogP contribution in [-0.4, -0.2) is 22.1 Å². The predicted molar refractivity (Wildman–Crippen MR) is 41.9 cm³/mol. The van der Waals surface area contributed by atoms with Crippen LogP contribution in [0.4, 0.5) is 0 Å². The first-order valence-corrected chi connectivity index (χ1v) is 4.78. The average molecular weight is 182 g/mol. The summed E-state index contributed by atoms with van der Waals surface area (Å²) in [5, 5.41) is 0. The van der Waals surface area contributed by atoms with Gasteiger partial charge in [-0.3, -0.25) is 4.84 Å². The SMILES string of the molecule is CNS(=O)(=O)NOCC(C)C. The van der Waals surface area contributed by atoms with Gasteiger partial charge in [-0.2, -0.15) is 8.42 Å². The Balaban J connectivity index is 3.55. The summed E-state index contributed by atoms with van der Waals surface area (Å²) in [4.78, 5) is 6.55.